The van der Waals surface area contributed by atoms with Crippen molar-refractivity contribution in [1.29, 1.82) is 0 Å². The molecule has 1 aromatic rings. The summed E-state index contributed by atoms with van der Waals surface area (Å²) in [4.78, 5) is 2.38. The molecule has 0 amide bonds. The minimum atomic E-state index is -0.215. The third kappa shape index (κ3) is 5.59. The van der Waals surface area contributed by atoms with E-state index in [2.05, 4.69) is 41.6 Å². The Morgan fingerprint density at radius 1 is 1.37 bits per heavy atom. The predicted octanol–water partition coefficient (Wildman–Crippen LogP) is 3.79. The molecule has 19 heavy (non-hydrogen) atoms. The molecule has 0 aliphatic heterocycles. The third-order valence-electron chi connectivity index (χ3n) is 3.13. The van der Waals surface area contributed by atoms with E-state index in [4.69, 9.17) is 5.73 Å². The van der Waals surface area contributed by atoms with Gasteiger partial charge in [0.05, 0.1) is 4.47 Å². The van der Waals surface area contributed by atoms with E-state index >= 15 is 0 Å². The Hall–Kier alpha value is -0.450. The van der Waals surface area contributed by atoms with Gasteiger partial charge in [0.25, 0.3) is 0 Å². The van der Waals surface area contributed by atoms with Gasteiger partial charge < -0.3 is 5.73 Å². The highest BCUT2D eigenvalue weighted by Crippen LogP contribution is 2.20. The minimum Gasteiger partial charge on any atom is -0.330 e. The van der Waals surface area contributed by atoms with Gasteiger partial charge in [-0.15, -0.1) is 0 Å². The lowest BCUT2D eigenvalue weighted by atomic mass is 9.93. The van der Waals surface area contributed by atoms with Gasteiger partial charge in [-0.1, -0.05) is 26.8 Å². The van der Waals surface area contributed by atoms with Gasteiger partial charge >= 0.3 is 0 Å². The molecule has 0 spiro atoms. The van der Waals surface area contributed by atoms with Crippen molar-refractivity contribution < 1.29 is 4.39 Å². The molecule has 1 rings (SSSR count). The van der Waals surface area contributed by atoms with Crippen LogP contribution >= 0.6 is 15.9 Å². The van der Waals surface area contributed by atoms with Crippen LogP contribution in [0.2, 0.25) is 0 Å². The maximum atomic E-state index is 13.2. The van der Waals surface area contributed by atoms with Gasteiger partial charge in [0, 0.05) is 13.1 Å². The fraction of sp³-hybridized carbons (Fsp3) is 0.600. The number of rotatable bonds is 7. The first-order valence-electron chi connectivity index (χ1n) is 6.74. The summed E-state index contributed by atoms with van der Waals surface area (Å²) in [6, 6.07) is 5.21. The average Bonchev–Trinajstić information content (AvgIpc) is 2.34. The van der Waals surface area contributed by atoms with Crippen molar-refractivity contribution in [2.24, 2.45) is 11.1 Å². The predicted molar refractivity (Wildman–Crippen MR) is 82.5 cm³/mol. The molecule has 0 saturated carbocycles. The largest absolute Gasteiger partial charge is 0.330 e. The van der Waals surface area contributed by atoms with Crippen LogP contribution in [0, 0.1) is 11.2 Å². The van der Waals surface area contributed by atoms with E-state index in [1.54, 1.807) is 0 Å². The molecule has 0 unspecified atom stereocenters. The lowest BCUT2D eigenvalue weighted by molar-refractivity contribution is 0.176. The molecule has 0 heterocycles. The summed E-state index contributed by atoms with van der Waals surface area (Å²) in [5.41, 5.74) is 7.03. The van der Waals surface area contributed by atoms with E-state index in [9.17, 15) is 4.39 Å². The van der Waals surface area contributed by atoms with Crippen LogP contribution in [0.5, 0.6) is 0 Å². The molecule has 2 nitrogen and oxygen atoms in total. The number of nitrogens with zero attached hydrogens (tertiary/aromatic N) is 1. The summed E-state index contributed by atoms with van der Waals surface area (Å²) in [6.07, 6.45) is 1.10. The number of hydrogen-bond acceptors (Lipinski definition) is 2. The number of benzene rings is 1. The molecule has 0 aliphatic carbocycles. The lowest BCUT2D eigenvalue weighted by Gasteiger charge is -2.31. The van der Waals surface area contributed by atoms with Crippen molar-refractivity contribution in [1.82, 2.24) is 4.90 Å². The molecule has 0 radical (unpaired) electrons. The Morgan fingerprint density at radius 2 is 2.05 bits per heavy atom. The molecule has 4 heteroatoms. The fourth-order valence-corrected chi connectivity index (χ4v) is 2.52. The molecular formula is C15H24BrFN2. The van der Waals surface area contributed by atoms with Crippen molar-refractivity contribution in [3.05, 3.63) is 34.1 Å². The Bertz CT molecular complexity index is 407. The highest BCUT2D eigenvalue weighted by Gasteiger charge is 2.20. The second-order valence-electron chi connectivity index (χ2n) is 5.83. The Labute approximate surface area is 124 Å². The zero-order valence-electron chi connectivity index (χ0n) is 12.0. The first kappa shape index (κ1) is 16.6. The van der Waals surface area contributed by atoms with Crippen molar-refractivity contribution in [2.75, 3.05) is 19.6 Å². The number of halogens is 2. The van der Waals surface area contributed by atoms with Crippen LogP contribution in [-0.2, 0) is 6.54 Å². The van der Waals surface area contributed by atoms with Gasteiger partial charge in [-0.25, -0.2) is 4.39 Å². The van der Waals surface area contributed by atoms with E-state index in [0.29, 0.717) is 11.0 Å². The van der Waals surface area contributed by atoms with Crippen molar-refractivity contribution >= 4 is 15.9 Å². The molecule has 1 aromatic carbocycles. The second-order valence-corrected chi connectivity index (χ2v) is 6.68. The summed E-state index contributed by atoms with van der Waals surface area (Å²) >= 11 is 3.24. The van der Waals surface area contributed by atoms with E-state index in [0.717, 1.165) is 31.6 Å². The van der Waals surface area contributed by atoms with Crippen molar-refractivity contribution in [2.45, 2.75) is 33.7 Å². The first-order chi connectivity index (χ1) is 8.88. The zero-order chi connectivity index (χ0) is 14.5. The van der Waals surface area contributed by atoms with Crippen LogP contribution in [0.25, 0.3) is 0 Å². The average molecular weight is 331 g/mol. The van der Waals surface area contributed by atoms with Crippen LogP contribution in [0.4, 0.5) is 4.39 Å². The van der Waals surface area contributed by atoms with E-state index in [1.807, 2.05) is 12.1 Å². The highest BCUT2D eigenvalue weighted by molar-refractivity contribution is 9.10. The fourth-order valence-electron chi connectivity index (χ4n) is 2.10. The molecule has 0 aromatic heterocycles. The van der Waals surface area contributed by atoms with E-state index in [1.165, 1.54) is 6.07 Å². The molecule has 2 N–H and O–H groups in total. The molecule has 0 atom stereocenters. The van der Waals surface area contributed by atoms with E-state index < -0.39 is 0 Å². The molecule has 0 saturated heterocycles. The highest BCUT2D eigenvalue weighted by atomic mass is 79.9. The van der Waals surface area contributed by atoms with Crippen molar-refractivity contribution in [3.63, 3.8) is 0 Å². The Kier molecular flexibility index (Phi) is 6.43. The molecule has 0 fully saturated rings. The SMILES string of the molecule is CCCN(Cc1ccc(F)c(Br)c1)CC(C)(C)CN. The normalized spacial score (nSPS) is 12.2. The summed E-state index contributed by atoms with van der Waals surface area (Å²) in [7, 11) is 0. The molecular weight excluding hydrogens is 307 g/mol. The summed E-state index contributed by atoms with van der Waals surface area (Å²) in [5, 5.41) is 0. The van der Waals surface area contributed by atoms with Gasteiger partial charge in [-0.2, -0.15) is 0 Å². The Morgan fingerprint density at radius 3 is 2.58 bits per heavy atom. The monoisotopic (exact) mass is 330 g/mol. The minimum absolute atomic E-state index is 0.104. The number of hydrogen-bond donors (Lipinski definition) is 1. The summed E-state index contributed by atoms with van der Waals surface area (Å²) < 4.78 is 13.8. The first-order valence-corrected chi connectivity index (χ1v) is 7.53. The standard InChI is InChI=1S/C15H24BrFN2/c1-4-7-19(11-15(2,3)10-18)9-12-5-6-14(17)13(16)8-12/h5-6,8H,4,7,9-11,18H2,1-3H3. The lowest BCUT2D eigenvalue weighted by Crippen LogP contribution is -2.38. The quantitative estimate of drug-likeness (QED) is 0.824. The van der Waals surface area contributed by atoms with Crippen molar-refractivity contribution in [3.8, 4) is 0 Å². The van der Waals surface area contributed by atoms with Crippen LogP contribution in [0.15, 0.2) is 22.7 Å². The van der Waals surface area contributed by atoms with Gasteiger partial charge in [0.15, 0.2) is 0 Å². The van der Waals surface area contributed by atoms with E-state index in [-0.39, 0.29) is 11.2 Å². The maximum absolute atomic E-state index is 13.2. The van der Waals surface area contributed by atoms with Crippen LogP contribution in [0.3, 0.4) is 0 Å². The van der Waals surface area contributed by atoms with Crippen LogP contribution in [0.1, 0.15) is 32.8 Å². The van der Waals surface area contributed by atoms with Crippen LogP contribution < -0.4 is 5.73 Å². The van der Waals surface area contributed by atoms with Gasteiger partial charge in [-0.05, 0) is 58.6 Å². The Balaban J connectivity index is 2.74. The molecule has 0 aliphatic rings. The maximum Gasteiger partial charge on any atom is 0.137 e. The summed E-state index contributed by atoms with van der Waals surface area (Å²) in [5.74, 6) is -0.215. The van der Waals surface area contributed by atoms with Gasteiger partial charge in [0.1, 0.15) is 5.82 Å². The van der Waals surface area contributed by atoms with Crippen LogP contribution in [-0.4, -0.2) is 24.5 Å². The second kappa shape index (κ2) is 7.36. The molecule has 0 bridgehead atoms. The number of nitrogens with two attached hydrogens (primary N) is 1. The third-order valence-corrected chi connectivity index (χ3v) is 3.74. The molecule has 108 valence electrons. The van der Waals surface area contributed by atoms with Gasteiger partial charge in [0.2, 0.25) is 0 Å². The smallest absolute Gasteiger partial charge is 0.137 e. The summed E-state index contributed by atoms with van der Waals surface area (Å²) in [6.45, 7) is 10.00. The van der Waals surface area contributed by atoms with Gasteiger partial charge in [-0.3, -0.25) is 4.90 Å². The zero-order valence-corrected chi connectivity index (χ0v) is 13.6. The topological polar surface area (TPSA) is 29.3 Å².